The van der Waals surface area contributed by atoms with Gasteiger partial charge in [-0.25, -0.2) is 4.79 Å². The first-order valence-corrected chi connectivity index (χ1v) is 9.63. The predicted molar refractivity (Wildman–Crippen MR) is 104 cm³/mol. The third-order valence-electron chi connectivity index (χ3n) is 5.87. The Morgan fingerprint density at radius 2 is 1.62 bits per heavy atom. The number of nitrogens with one attached hydrogen (secondary N) is 1. The van der Waals surface area contributed by atoms with Gasteiger partial charge in [0, 0.05) is 12.3 Å². The third kappa shape index (κ3) is 3.54. The zero-order chi connectivity index (χ0) is 18.7. The normalized spacial score (nSPS) is 28.7. The number of rotatable bonds is 4. The fourth-order valence-electron chi connectivity index (χ4n) is 4.43. The van der Waals surface area contributed by atoms with Crippen LogP contribution in [0.2, 0.25) is 0 Å². The lowest BCUT2D eigenvalue weighted by Crippen LogP contribution is -3.20. The molecular formula is C23H30NO2+. The van der Waals surface area contributed by atoms with Crippen molar-refractivity contribution in [2.75, 3.05) is 6.54 Å². The lowest BCUT2D eigenvalue weighted by molar-refractivity contribution is -0.955. The minimum Gasteiger partial charge on any atom is -0.450 e. The minimum atomic E-state index is -0.577. The van der Waals surface area contributed by atoms with Gasteiger partial charge in [-0.2, -0.15) is 0 Å². The first kappa shape index (κ1) is 18.7. The molecule has 4 atom stereocenters. The highest BCUT2D eigenvalue weighted by atomic mass is 16.6. The lowest BCUT2D eigenvalue weighted by atomic mass is 9.73. The monoisotopic (exact) mass is 352 g/mol. The number of carbonyl (C=O) groups is 1. The molecule has 1 N–H and O–H groups in total. The molecule has 2 aromatic rings. The molecule has 1 aliphatic heterocycles. The van der Waals surface area contributed by atoms with Crippen molar-refractivity contribution in [2.45, 2.75) is 51.8 Å². The summed E-state index contributed by atoms with van der Waals surface area (Å²) in [6, 6.07) is 20.6. The molecule has 1 heterocycles. The highest BCUT2D eigenvalue weighted by Gasteiger charge is 2.50. The van der Waals surface area contributed by atoms with Crippen molar-refractivity contribution in [1.82, 2.24) is 0 Å². The Labute approximate surface area is 157 Å². The number of esters is 1. The minimum absolute atomic E-state index is 0.235. The highest BCUT2D eigenvalue weighted by Crippen LogP contribution is 2.40. The number of hydrogen-bond donors (Lipinski definition) is 1. The summed E-state index contributed by atoms with van der Waals surface area (Å²) >= 11 is 0. The van der Waals surface area contributed by atoms with E-state index in [1.54, 1.807) is 4.90 Å². The zero-order valence-corrected chi connectivity index (χ0v) is 16.2. The van der Waals surface area contributed by atoms with E-state index in [0.29, 0.717) is 17.6 Å². The largest absolute Gasteiger partial charge is 0.450 e. The van der Waals surface area contributed by atoms with Crippen LogP contribution in [0.4, 0.5) is 0 Å². The average Bonchev–Trinajstić information content (AvgIpc) is 2.65. The maximum atomic E-state index is 12.9. The smallest absolute Gasteiger partial charge is 0.339 e. The van der Waals surface area contributed by atoms with Crippen molar-refractivity contribution in [2.24, 2.45) is 5.92 Å². The molecule has 2 aromatic carbocycles. The molecule has 1 aliphatic rings. The fourth-order valence-corrected chi connectivity index (χ4v) is 4.43. The molecule has 0 spiro atoms. The van der Waals surface area contributed by atoms with Crippen LogP contribution < -0.4 is 4.90 Å². The van der Waals surface area contributed by atoms with Gasteiger partial charge in [-0.05, 0) is 38.5 Å². The molecule has 0 aliphatic carbocycles. The van der Waals surface area contributed by atoms with E-state index in [4.69, 9.17) is 4.74 Å². The number of benzene rings is 2. The second-order valence-corrected chi connectivity index (χ2v) is 7.95. The van der Waals surface area contributed by atoms with Crippen molar-refractivity contribution in [3.63, 3.8) is 0 Å². The zero-order valence-electron chi connectivity index (χ0n) is 16.2. The van der Waals surface area contributed by atoms with Gasteiger partial charge in [0.05, 0.1) is 24.2 Å². The van der Waals surface area contributed by atoms with E-state index in [-0.39, 0.29) is 11.9 Å². The summed E-state index contributed by atoms with van der Waals surface area (Å²) in [5.41, 5.74) is 1.14. The van der Waals surface area contributed by atoms with Crippen LogP contribution in [0.3, 0.4) is 0 Å². The lowest BCUT2D eigenvalue weighted by Gasteiger charge is -2.48. The van der Waals surface area contributed by atoms with Gasteiger partial charge in [-0.1, -0.05) is 55.5 Å². The molecule has 26 heavy (non-hydrogen) atoms. The van der Waals surface area contributed by atoms with Gasteiger partial charge in [0.25, 0.3) is 0 Å². The Bertz CT molecular complexity index is 728. The van der Waals surface area contributed by atoms with E-state index in [2.05, 4.69) is 39.8 Å². The van der Waals surface area contributed by atoms with Crippen LogP contribution in [0.15, 0.2) is 60.7 Å². The van der Waals surface area contributed by atoms with Crippen LogP contribution >= 0.6 is 0 Å². The molecule has 3 rings (SSSR count). The van der Waals surface area contributed by atoms with E-state index in [9.17, 15) is 4.79 Å². The first-order valence-electron chi connectivity index (χ1n) is 9.63. The van der Waals surface area contributed by atoms with Gasteiger partial charge in [-0.3, -0.25) is 0 Å². The van der Waals surface area contributed by atoms with E-state index in [1.165, 1.54) is 0 Å². The number of quaternary nitrogens is 1. The average molecular weight is 352 g/mol. The summed E-state index contributed by atoms with van der Waals surface area (Å²) in [4.78, 5) is 14.5. The predicted octanol–water partition coefficient (Wildman–Crippen LogP) is 3.46. The molecule has 3 heteroatoms. The van der Waals surface area contributed by atoms with Crippen LogP contribution in [0.5, 0.6) is 0 Å². The number of piperidine rings is 1. The fraction of sp³-hybridized carbons (Fsp3) is 0.435. The van der Waals surface area contributed by atoms with Gasteiger partial charge in [0.15, 0.2) is 5.60 Å². The number of ether oxygens (including phenoxy) is 1. The number of hydrogen-bond acceptors (Lipinski definition) is 2. The van der Waals surface area contributed by atoms with Crippen molar-refractivity contribution in [3.05, 3.63) is 71.8 Å². The van der Waals surface area contributed by atoms with Crippen LogP contribution in [0, 0.1) is 5.92 Å². The Hall–Kier alpha value is -2.13. The van der Waals surface area contributed by atoms with Crippen molar-refractivity contribution >= 4 is 5.97 Å². The molecule has 0 saturated carbocycles. The van der Waals surface area contributed by atoms with E-state index in [0.717, 1.165) is 18.5 Å². The Morgan fingerprint density at radius 1 is 1.04 bits per heavy atom. The second kappa shape index (κ2) is 7.63. The van der Waals surface area contributed by atoms with Crippen LogP contribution in [-0.4, -0.2) is 24.6 Å². The first-order chi connectivity index (χ1) is 12.4. The SMILES string of the molecule is CC(C)[NH+]1C[C@@H](C)[C@@](OC(=O)c2ccccc2)(c2ccccc2)C[C@H]1C. The number of carbonyl (C=O) groups excluding carboxylic acids is 1. The summed E-state index contributed by atoms with van der Waals surface area (Å²) < 4.78 is 6.31. The molecule has 0 radical (unpaired) electrons. The Balaban J connectivity index is 1.97. The third-order valence-corrected chi connectivity index (χ3v) is 5.87. The second-order valence-electron chi connectivity index (χ2n) is 7.95. The van der Waals surface area contributed by atoms with Crippen molar-refractivity contribution in [3.8, 4) is 0 Å². The molecule has 0 bridgehead atoms. The Kier molecular flexibility index (Phi) is 5.47. The van der Waals surface area contributed by atoms with Crippen molar-refractivity contribution < 1.29 is 14.4 Å². The molecule has 1 fully saturated rings. The summed E-state index contributed by atoms with van der Waals surface area (Å²) in [6.45, 7) is 10.0. The molecule has 1 unspecified atom stereocenters. The molecule has 1 saturated heterocycles. The molecular weight excluding hydrogens is 322 g/mol. The molecule has 0 amide bonds. The van der Waals surface area contributed by atoms with Crippen LogP contribution in [0.1, 0.15) is 50.0 Å². The maximum absolute atomic E-state index is 12.9. The van der Waals surface area contributed by atoms with Gasteiger partial charge in [0.2, 0.25) is 0 Å². The standard InChI is InChI=1S/C23H29NO2/c1-17(2)24-16-18(3)23(15-19(24)4,21-13-9-6-10-14-21)26-22(25)20-11-7-5-8-12-20/h5-14,17-19H,15-16H2,1-4H3/p+1/t18-,19-,23-/m1/s1. The van der Waals surface area contributed by atoms with E-state index >= 15 is 0 Å². The van der Waals surface area contributed by atoms with Crippen molar-refractivity contribution in [1.29, 1.82) is 0 Å². The van der Waals surface area contributed by atoms with E-state index < -0.39 is 5.60 Å². The summed E-state index contributed by atoms with van der Waals surface area (Å²) in [5.74, 6) is 0.00709. The molecule has 3 nitrogen and oxygen atoms in total. The van der Waals surface area contributed by atoms with Crippen LogP contribution in [0.25, 0.3) is 0 Å². The van der Waals surface area contributed by atoms with Gasteiger partial charge >= 0.3 is 5.97 Å². The Morgan fingerprint density at radius 3 is 2.19 bits per heavy atom. The quantitative estimate of drug-likeness (QED) is 0.854. The summed E-state index contributed by atoms with van der Waals surface area (Å²) in [5, 5.41) is 0. The topological polar surface area (TPSA) is 30.7 Å². The molecule has 0 aromatic heterocycles. The molecule has 138 valence electrons. The van der Waals surface area contributed by atoms with Crippen LogP contribution in [-0.2, 0) is 10.3 Å². The van der Waals surface area contributed by atoms with Gasteiger partial charge in [0.1, 0.15) is 0 Å². The van der Waals surface area contributed by atoms with Gasteiger partial charge in [-0.15, -0.1) is 0 Å². The maximum Gasteiger partial charge on any atom is 0.339 e. The summed E-state index contributed by atoms with van der Waals surface area (Å²) in [7, 11) is 0. The van der Waals surface area contributed by atoms with Gasteiger partial charge < -0.3 is 9.64 Å². The summed E-state index contributed by atoms with van der Waals surface area (Å²) in [6.07, 6.45) is 0.838. The number of likely N-dealkylation sites (tertiary alicyclic amines) is 1. The highest BCUT2D eigenvalue weighted by molar-refractivity contribution is 5.89. The van der Waals surface area contributed by atoms with E-state index in [1.807, 2.05) is 48.5 Å².